The summed E-state index contributed by atoms with van der Waals surface area (Å²) < 4.78 is 1.85. The third-order valence-electron chi connectivity index (χ3n) is 3.72. The molecule has 0 bridgehead atoms. The molecule has 21 heavy (non-hydrogen) atoms. The van der Waals surface area contributed by atoms with Crippen LogP contribution in [0.1, 0.15) is 18.7 Å². The first kappa shape index (κ1) is 14.9. The molecule has 1 unspecified atom stereocenters. The van der Waals surface area contributed by atoms with Gasteiger partial charge in [-0.3, -0.25) is 0 Å². The fraction of sp³-hybridized carbons (Fsp3) is 0.467. The van der Waals surface area contributed by atoms with Crippen LogP contribution in [0.5, 0.6) is 0 Å². The lowest BCUT2D eigenvalue weighted by atomic mass is 10.1. The van der Waals surface area contributed by atoms with E-state index in [1.807, 2.05) is 35.9 Å². The van der Waals surface area contributed by atoms with Crippen LogP contribution in [0.4, 0.5) is 0 Å². The summed E-state index contributed by atoms with van der Waals surface area (Å²) in [4.78, 5) is 4.54. The summed E-state index contributed by atoms with van der Waals surface area (Å²) in [7, 11) is 0. The van der Waals surface area contributed by atoms with Crippen LogP contribution in [0.2, 0.25) is 5.02 Å². The van der Waals surface area contributed by atoms with E-state index in [1.165, 1.54) is 12.8 Å². The van der Waals surface area contributed by atoms with Gasteiger partial charge in [0, 0.05) is 10.8 Å². The zero-order valence-corrected chi connectivity index (χ0v) is 13.6. The highest BCUT2D eigenvalue weighted by atomic mass is 35.5. The Balaban J connectivity index is 1.63. The van der Waals surface area contributed by atoms with Crippen molar-refractivity contribution in [2.75, 3.05) is 18.8 Å². The number of thioether (sulfide) groups is 1. The molecule has 0 amide bonds. The average molecular weight is 323 g/mol. The number of halogens is 1. The lowest BCUT2D eigenvalue weighted by molar-refractivity contribution is 0.567. The van der Waals surface area contributed by atoms with E-state index < -0.39 is 0 Å². The van der Waals surface area contributed by atoms with Crippen molar-refractivity contribution in [2.45, 2.75) is 24.9 Å². The molecule has 1 aromatic heterocycles. The second-order valence-corrected chi connectivity index (χ2v) is 6.83. The van der Waals surface area contributed by atoms with Crippen molar-refractivity contribution in [2.24, 2.45) is 5.92 Å². The van der Waals surface area contributed by atoms with Crippen LogP contribution in [-0.2, 0) is 0 Å². The summed E-state index contributed by atoms with van der Waals surface area (Å²) >= 11 is 7.77. The third kappa shape index (κ3) is 3.78. The van der Waals surface area contributed by atoms with Gasteiger partial charge in [0.2, 0.25) is 5.16 Å². The molecule has 112 valence electrons. The summed E-state index contributed by atoms with van der Waals surface area (Å²) in [6.45, 7) is 4.29. The van der Waals surface area contributed by atoms with Crippen LogP contribution in [-0.4, -0.2) is 33.6 Å². The lowest BCUT2D eigenvalue weighted by Gasteiger charge is -2.05. The van der Waals surface area contributed by atoms with Gasteiger partial charge >= 0.3 is 0 Å². The average Bonchev–Trinajstić information content (AvgIpc) is 3.09. The third-order valence-corrected chi connectivity index (χ3v) is 4.83. The molecule has 1 aliphatic rings. The quantitative estimate of drug-likeness (QED) is 0.858. The van der Waals surface area contributed by atoms with Crippen molar-refractivity contribution in [3.63, 3.8) is 0 Å². The number of aromatic nitrogens is 3. The minimum absolute atomic E-state index is 0.713. The minimum Gasteiger partial charge on any atom is -0.316 e. The second-order valence-electron chi connectivity index (χ2n) is 5.33. The van der Waals surface area contributed by atoms with E-state index in [9.17, 15) is 0 Å². The zero-order valence-electron chi connectivity index (χ0n) is 12.1. The molecule has 3 rings (SSSR count). The van der Waals surface area contributed by atoms with Crippen molar-refractivity contribution < 1.29 is 0 Å². The molecule has 0 radical (unpaired) electrons. The maximum Gasteiger partial charge on any atom is 0.209 e. The smallest absolute Gasteiger partial charge is 0.209 e. The summed E-state index contributed by atoms with van der Waals surface area (Å²) in [5, 5.41) is 9.54. The van der Waals surface area contributed by atoms with Gasteiger partial charge in [-0.1, -0.05) is 29.4 Å². The molecule has 0 saturated carbocycles. The molecule has 1 fully saturated rings. The highest BCUT2D eigenvalue weighted by molar-refractivity contribution is 7.99. The van der Waals surface area contributed by atoms with Crippen LogP contribution >= 0.6 is 23.4 Å². The Morgan fingerprint density at radius 2 is 2.38 bits per heavy atom. The Kier molecular flexibility index (Phi) is 4.83. The largest absolute Gasteiger partial charge is 0.316 e. The molecule has 2 aromatic rings. The number of nitrogens with one attached hydrogen (secondary N) is 1. The molecule has 1 atom stereocenters. The van der Waals surface area contributed by atoms with Crippen LogP contribution in [0, 0.1) is 12.8 Å². The van der Waals surface area contributed by atoms with Crippen molar-refractivity contribution in [1.82, 2.24) is 20.1 Å². The van der Waals surface area contributed by atoms with Gasteiger partial charge in [0.25, 0.3) is 0 Å². The molecule has 1 N–H and O–H groups in total. The Labute approximate surface area is 134 Å². The van der Waals surface area contributed by atoms with Crippen LogP contribution in [0.25, 0.3) is 5.69 Å². The van der Waals surface area contributed by atoms with Crippen molar-refractivity contribution in [3.8, 4) is 5.69 Å². The number of hydrogen-bond acceptors (Lipinski definition) is 4. The molecule has 1 aromatic carbocycles. The van der Waals surface area contributed by atoms with E-state index in [1.54, 1.807) is 11.8 Å². The minimum atomic E-state index is 0.713. The van der Waals surface area contributed by atoms with E-state index in [4.69, 9.17) is 11.6 Å². The SMILES string of the molecule is Cc1nc(SCCC2CCNC2)nn1-c1cccc(Cl)c1. The van der Waals surface area contributed by atoms with E-state index >= 15 is 0 Å². The van der Waals surface area contributed by atoms with Crippen molar-refractivity contribution in [1.29, 1.82) is 0 Å². The zero-order chi connectivity index (χ0) is 14.7. The maximum atomic E-state index is 6.04. The Morgan fingerprint density at radius 3 is 3.14 bits per heavy atom. The van der Waals surface area contributed by atoms with Crippen LogP contribution < -0.4 is 5.32 Å². The van der Waals surface area contributed by atoms with Gasteiger partial charge in [-0.25, -0.2) is 9.67 Å². The Hall–Kier alpha value is -1.04. The van der Waals surface area contributed by atoms with Gasteiger partial charge in [0.15, 0.2) is 0 Å². The predicted octanol–water partition coefficient (Wildman–Crippen LogP) is 3.32. The summed E-state index contributed by atoms with van der Waals surface area (Å²) in [5.41, 5.74) is 0.958. The van der Waals surface area contributed by atoms with E-state index in [2.05, 4.69) is 15.4 Å². The molecule has 4 nitrogen and oxygen atoms in total. The van der Waals surface area contributed by atoms with Gasteiger partial charge in [0.1, 0.15) is 5.82 Å². The number of benzene rings is 1. The topological polar surface area (TPSA) is 42.7 Å². The highest BCUT2D eigenvalue weighted by Gasteiger charge is 2.15. The highest BCUT2D eigenvalue weighted by Crippen LogP contribution is 2.22. The molecule has 1 aliphatic heterocycles. The second kappa shape index (κ2) is 6.81. The molecule has 2 heterocycles. The monoisotopic (exact) mass is 322 g/mol. The van der Waals surface area contributed by atoms with Crippen LogP contribution in [0.3, 0.4) is 0 Å². The van der Waals surface area contributed by atoms with Gasteiger partial charge in [-0.15, -0.1) is 5.10 Å². The summed E-state index contributed by atoms with van der Waals surface area (Å²) in [6.07, 6.45) is 2.52. The first-order valence-corrected chi connectivity index (χ1v) is 8.62. The maximum absolute atomic E-state index is 6.04. The predicted molar refractivity (Wildman–Crippen MR) is 87.4 cm³/mol. The fourth-order valence-corrected chi connectivity index (χ4v) is 3.71. The van der Waals surface area contributed by atoms with Crippen LogP contribution in [0.15, 0.2) is 29.4 Å². The number of rotatable bonds is 5. The van der Waals surface area contributed by atoms with Gasteiger partial charge in [0.05, 0.1) is 5.69 Å². The first-order valence-electron chi connectivity index (χ1n) is 7.25. The Bertz CT molecular complexity index is 607. The molecular formula is C15H19ClN4S. The molecule has 0 spiro atoms. The summed E-state index contributed by atoms with van der Waals surface area (Å²) in [5.74, 6) is 2.78. The molecule has 6 heteroatoms. The van der Waals surface area contributed by atoms with E-state index in [-0.39, 0.29) is 0 Å². The number of aryl methyl sites for hydroxylation is 1. The number of nitrogens with zero attached hydrogens (tertiary/aromatic N) is 3. The van der Waals surface area contributed by atoms with E-state index in [0.717, 1.165) is 41.4 Å². The molecular weight excluding hydrogens is 304 g/mol. The first-order chi connectivity index (χ1) is 10.2. The van der Waals surface area contributed by atoms with Crippen molar-refractivity contribution in [3.05, 3.63) is 35.1 Å². The van der Waals surface area contributed by atoms with Crippen molar-refractivity contribution >= 4 is 23.4 Å². The Morgan fingerprint density at radius 1 is 1.48 bits per heavy atom. The lowest BCUT2D eigenvalue weighted by Crippen LogP contribution is -2.09. The summed E-state index contributed by atoms with van der Waals surface area (Å²) in [6, 6.07) is 7.69. The van der Waals surface area contributed by atoms with Gasteiger partial charge in [-0.05, 0) is 57.0 Å². The molecule has 0 aliphatic carbocycles. The normalized spacial score (nSPS) is 18.3. The van der Waals surface area contributed by atoms with E-state index in [0.29, 0.717) is 5.02 Å². The fourth-order valence-electron chi connectivity index (χ4n) is 2.56. The standard InChI is InChI=1S/C15H19ClN4S/c1-11-18-15(21-8-6-12-5-7-17-10-12)19-20(11)14-4-2-3-13(16)9-14/h2-4,9,12,17H,5-8,10H2,1H3. The van der Waals surface area contributed by atoms with Gasteiger partial charge in [-0.2, -0.15) is 0 Å². The van der Waals surface area contributed by atoms with Gasteiger partial charge < -0.3 is 5.32 Å². The molecule has 1 saturated heterocycles. The number of hydrogen-bond donors (Lipinski definition) is 1.